The summed E-state index contributed by atoms with van der Waals surface area (Å²) in [6.45, 7) is 1.84. The lowest BCUT2D eigenvalue weighted by Gasteiger charge is -2.29. The van der Waals surface area contributed by atoms with Gasteiger partial charge in [0.2, 0.25) is 0 Å². The first-order valence-corrected chi connectivity index (χ1v) is 7.99. The molecule has 120 valence electrons. The largest absolute Gasteiger partial charge is 0.392 e. The quantitative estimate of drug-likeness (QED) is 0.911. The van der Waals surface area contributed by atoms with Crippen LogP contribution in [0.1, 0.15) is 35.2 Å². The second kappa shape index (κ2) is 7.24. The predicted molar refractivity (Wildman–Crippen MR) is 90.6 cm³/mol. The highest BCUT2D eigenvalue weighted by atomic mass is 16.3. The summed E-state index contributed by atoms with van der Waals surface area (Å²) in [4.78, 5) is 19.2. The SMILES string of the molecule is O=C(Nc1cccc(CO)c1)c1cccnc1N1CCCCC1. The van der Waals surface area contributed by atoms with Gasteiger partial charge in [0.25, 0.3) is 5.91 Å². The van der Waals surface area contributed by atoms with Crippen molar-refractivity contribution in [2.24, 2.45) is 0 Å². The minimum Gasteiger partial charge on any atom is -0.392 e. The van der Waals surface area contributed by atoms with Crippen LogP contribution in [0.15, 0.2) is 42.6 Å². The molecule has 0 atom stereocenters. The number of hydrogen-bond donors (Lipinski definition) is 2. The molecule has 0 unspecified atom stereocenters. The molecule has 1 aromatic heterocycles. The van der Waals surface area contributed by atoms with Crippen molar-refractivity contribution in [2.75, 3.05) is 23.3 Å². The van der Waals surface area contributed by atoms with Crippen LogP contribution >= 0.6 is 0 Å². The van der Waals surface area contributed by atoms with Gasteiger partial charge in [0.05, 0.1) is 12.2 Å². The third-order valence-electron chi connectivity index (χ3n) is 4.05. The Bertz CT molecular complexity index is 681. The first kappa shape index (κ1) is 15.5. The molecule has 3 rings (SSSR count). The van der Waals surface area contributed by atoms with E-state index in [0.717, 1.165) is 37.3 Å². The topological polar surface area (TPSA) is 65.5 Å². The van der Waals surface area contributed by atoms with Gasteiger partial charge >= 0.3 is 0 Å². The smallest absolute Gasteiger partial charge is 0.259 e. The number of carbonyl (C=O) groups excluding carboxylic acids is 1. The average molecular weight is 311 g/mol. The number of pyridine rings is 1. The van der Waals surface area contributed by atoms with Crippen LogP contribution < -0.4 is 10.2 Å². The normalized spacial score (nSPS) is 14.6. The average Bonchev–Trinajstić information content (AvgIpc) is 2.62. The molecule has 0 aliphatic carbocycles. The fourth-order valence-electron chi connectivity index (χ4n) is 2.88. The molecular weight excluding hydrogens is 290 g/mol. The summed E-state index contributed by atoms with van der Waals surface area (Å²) in [6, 6.07) is 10.8. The molecule has 2 heterocycles. The van der Waals surface area contributed by atoms with Crippen LogP contribution in [0.5, 0.6) is 0 Å². The minimum atomic E-state index is -0.172. The zero-order valence-electron chi connectivity index (χ0n) is 13.0. The first-order chi connectivity index (χ1) is 11.3. The highest BCUT2D eigenvalue weighted by Gasteiger charge is 2.19. The monoisotopic (exact) mass is 311 g/mol. The maximum Gasteiger partial charge on any atom is 0.259 e. The van der Waals surface area contributed by atoms with Crippen LogP contribution in [0.2, 0.25) is 0 Å². The number of piperidine rings is 1. The first-order valence-electron chi connectivity index (χ1n) is 7.99. The fraction of sp³-hybridized carbons (Fsp3) is 0.333. The Hall–Kier alpha value is -2.40. The highest BCUT2D eigenvalue weighted by Crippen LogP contribution is 2.22. The number of carbonyl (C=O) groups is 1. The van der Waals surface area contributed by atoms with Crippen LogP contribution in [0.25, 0.3) is 0 Å². The molecule has 23 heavy (non-hydrogen) atoms. The maximum absolute atomic E-state index is 12.6. The zero-order chi connectivity index (χ0) is 16.1. The third-order valence-corrected chi connectivity index (χ3v) is 4.05. The summed E-state index contributed by atoms with van der Waals surface area (Å²) in [7, 11) is 0. The van der Waals surface area contributed by atoms with Gasteiger partial charge in [-0.25, -0.2) is 4.98 Å². The van der Waals surface area contributed by atoms with Gasteiger partial charge in [-0.1, -0.05) is 12.1 Å². The summed E-state index contributed by atoms with van der Waals surface area (Å²) in [5.41, 5.74) is 2.03. The summed E-state index contributed by atoms with van der Waals surface area (Å²) in [5, 5.41) is 12.1. The van der Waals surface area contributed by atoms with E-state index in [1.807, 2.05) is 24.3 Å². The molecule has 0 spiro atoms. The van der Waals surface area contributed by atoms with Crippen LogP contribution in [0, 0.1) is 0 Å². The molecule has 1 aromatic carbocycles. The van der Waals surface area contributed by atoms with Crippen LogP contribution in [0.3, 0.4) is 0 Å². The second-order valence-corrected chi connectivity index (χ2v) is 5.73. The van der Waals surface area contributed by atoms with Crippen molar-refractivity contribution in [3.8, 4) is 0 Å². The Kier molecular flexibility index (Phi) is 4.88. The number of rotatable bonds is 4. The number of benzene rings is 1. The molecule has 1 aliphatic rings. The number of aromatic nitrogens is 1. The maximum atomic E-state index is 12.6. The third kappa shape index (κ3) is 3.68. The molecule has 1 amide bonds. The Morgan fingerprint density at radius 2 is 2.00 bits per heavy atom. The lowest BCUT2D eigenvalue weighted by atomic mass is 10.1. The summed E-state index contributed by atoms with van der Waals surface area (Å²) < 4.78 is 0. The molecular formula is C18H21N3O2. The fourth-order valence-corrected chi connectivity index (χ4v) is 2.88. The van der Waals surface area contributed by atoms with Crippen molar-refractivity contribution >= 4 is 17.4 Å². The van der Waals surface area contributed by atoms with Gasteiger partial charge < -0.3 is 15.3 Å². The number of aliphatic hydroxyl groups excluding tert-OH is 1. The van der Waals surface area contributed by atoms with Crippen LogP contribution in [-0.2, 0) is 6.61 Å². The van der Waals surface area contributed by atoms with E-state index >= 15 is 0 Å². The number of anilines is 2. The Morgan fingerprint density at radius 1 is 1.17 bits per heavy atom. The van der Waals surface area contributed by atoms with Crippen molar-refractivity contribution in [1.29, 1.82) is 0 Å². The highest BCUT2D eigenvalue weighted by molar-refractivity contribution is 6.07. The van der Waals surface area contributed by atoms with Crippen molar-refractivity contribution in [2.45, 2.75) is 25.9 Å². The molecule has 1 saturated heterocycles. The number of nitrogens with one attached hydrogen (secondary N) is 1. The molecule has 5 heteroatoms. The van der Waals surface area contributed by atoms with Gasteiger partial charge in [-0.3, -0.25) is 4.79 Å². The van der Waals surface area contributed by atoms with E-state index in [0.29, 0.717) is 11.3 Å². The lowest BCUT2D eigenvalue weighted by Crippen LogP contribution is -2.32. The minimum absolute atomic E-state index is 0.0460. The Morgan fingerprint density at radius 3 is 2.78 bits per heavy atom. The van der Waals surface area contributed by atoms with E-state index in [1.54, 1.807) is 18.3 Å². The van der Waals surface area contributed by atoms with E-state index in [9.17, 15) is 9.90 Å². The Balaban J connectivity index is 1.81. The standard InChI is InChI=1S/C18H21N3O2/c22-13-14-6-4-7-15(12-14)20-18(23)16-8-5-9-19-17(16)21-10-2-1-3-11-21/h4-9,12,22H,1-3,10-11,13H2,(H,20,23). The van der Waals surface area contributed by atoms with Gasteiger partial charge in [-0.15, -0.1) is 0 Å². The van der Waals surface area contributed by atoms with Gasteiger partial charge in [-0.05, 0) is 49.1 Å². The molecule has 0 saturated carbocycles. The number of nitrogens with zero attached hydrogens (tertiary/aromatic N) is 2. The Labute approximate surface area is 136 Å². The van der Waals surface area contributed by atoms with Crippen molar-refractivity contribution < 1.29 is 9.90 Å². The van der Waals surface area contributed by atoms with Crippen LogP contribution in [-0.4, -0.2) is 29.1 Å². The van der Waals surface area contributed by atoms with Crippen LogP contribution in [0.4, 0.5) is 11.5 Å². The van der Waals surface area contributed by atoms with Gasteiger partial charge in [-0.2, -0.15) is 0 Å². The van der Waals surface area contributed by atoms with Gasteiger partial charge in [0.15, 0.2) is 0 Å². The molecule has 2 N–H and O–H groups in total. The summed E-state index contributed by atoms with van der Waals surface area (Å²) in [5.74, 6) is 0.580. The molecule has 0 radical (unpaired) electrons. The zero-order valence-corrected chi connectivity index (χ0v) is 13.0. The summed E-state index contributed by atoms with van der Waals surface area (Å²) >= 11 is 0. The van der Waals surface area contributed by atoms with Gasteiger partial charge in [0.1, 0.15) is 5.82 Å². The van der Waals surface area contributed by atoms with E-state index in [4.69, 9.17) is 0 Å². The van der Waals surface area contributed by atoms with E-state index in [1.165, 1.54) is 6.42 Å². The van der Waals surface area contributed by atoms with E-state index < -0.39 is 0 Å². The molecule has 0 bridgehead atoms. The van der Waals surface area contributed by atoms with Crippen molar-refractivity contribution in [3.63, 3.8) is 0 Å². The number of aliphatic hydroxyl groups is 1. The van der Waals surface area contributed by atoms with Crippen molar-refractivity contribution in [3.05, 3.63) is 53.7 Å². The van der Waals surface area contributed by atoms with E-state index in [-0.39, 0.29) is 12.5 Å². The van der Waals surface area contributed by atoms with E-state index in [2.05, 4.69) is 15.2 Å². The summed E-state index contributed by atoms with van der Waals surface area (Å²) in [6.07, 6.45) is 5.23. The van der Waals surface area contributed by atoms with Gasteiger partial charge in [0, 0.05) is 25.0 Å². The molecule has 5 nitrogen and oxygen atoms in total. The number of amides is 1. The molecule has 1 aliphatic heterocycles. The molecule has 2 aromatic rings. The van der Waals surface area contributed by atoms with Crippen molar-refractivity contribution in [1.82, 2.24) is 4.98 Å². The number of hydrogen-bond acceptors (Lipinski definition) is 4. The predicted octanol–water partition coefficient (Wildman–Crippen LogP) is 2.82. The lowest BCUT2D eigenvalue weighted by molar-refractivity contribution is 0.102. The second-order valence-electron chi connectivity index (χ2n) is 5.73. The molecule has 1 fully saturated rings.